The zero-order valence-corrected chi connectivity index (χ0v) is 12.1. The van der Waals surface area contributed by atoms with Gasteiger partial charge in [-0.1, -0.05) is 17.7 Å². The Labute approximate surface area is 123 Å². The molecule has 2 unspecified atom stereocenters. The van der Waals surface area contributed by atoms with Crippen LogP contribution in [0.15, 0.2) is 18.2 Å². The normalized spacial score (nSPS) is 25.6. The van der Waals surface area contributed by atoms with Gasteiger partial charge in [0.1, 0.15) is 10.8 Å². The van der Waals surface area contributed by atoms with Gasteiger partial charge in [0.25, 0.3) is 5.91 Å². The van der Waals surface area contributed by atoms with E-state index in [9.17, 15) is 4.79 Å². The third-order valence-electron chi connectivity index (χ3n) is 3.74. The van der Waals surface area contributed by atoms with Gasteiger partial charge in [0.05, 0.1) is 0 Å². The second-order valence-electron chi connectivity index (χ2n) is 5.02. The number of hydrogen-bond donors (Lipinski definition) is 1. The van der Waals surface area contributed by atoms with E-state index in [1.54, 1.807) is 18.2 Å². The Morgan fingerprint density at radius 2 is 2.11 bits per heavy atom. The van der Waals surface area contributed by atoms with Gasteiger partial charge in [-0.2, -0.15) is 0 Å². The van der Waals surface area contributed by atoms with Crippen molar-refractivity contribution in [3.8, 4) is 0 Å². The molecule has 2 aliphatic rings. The van der Waals surface area contributed by atoms with Crippen molar-refractivity contribution < 1.29 is 4.79 Å². The van der Waals surface area contributed by atoms with E-state index < -0.39 is 0 Å². The number of pyridine rings is 1. The monoisotopic (exact) mass is 301 g/mol. The number of nitrogens with zero attached hydrogens (tertiary/aromatic N) is 2. The molecule has 0 radical (unpaired) electrons. The average molecular weight is 302 g/mol. The van der Waals surface area contributed by atoms with Crippen molar-refractivity contribution in [1.82, 2.24) is 15.2 Å². The van der Waals surface area contributed by atoms with Crippen molar-refractivity contribution in [1.29, 1.82) is 0 Å². The molecule has 2 saturated heterocycles. The minimum atomic E-state index is -0.00755. The summed E-state index contributed by atoms with van der Waals surface area (Å²) in [6.45, 7) is 1.59. The third kappa shape index (κ3) is 3.19. The Morgan fingerprint density at radius 3 is 2.89 bits per heavy atom. The number of nitrogens with one attached hydrogen (secondary N) is 1. The van der Waals surface area contributed by atoms with Crippen molar-refractivity contribution >= 4 is 29.9 Å². The van der Waals surface area contributed by atoms with Crippen LogP contribution >= 0.6 is 24.0 Å². The summed E-state index contributed by atoms with van der Waals surface area (Å²) in [5.74, 6) is -0.00755. The molecule has 4 nitrogen and oxygen atoms in total. The van der Waals surface area contributed by atoms with Crippen molar-refractivity contribution in [3.63, 3.8) is 0 Å². The van der Waals surface area contributed by atoms with Crippen molar-refractivity contribution in [2.45, 2.75) is 31.3 Å². The van der Waals surface area contributed by atoms with E-state index in [0.29, 0.717) is 22.9 Å². The summed E-state index contributed by atoms with van der Waals surface area (Å²) in [5.41, 5.74) is 0.445. The number of amides is 1. The van der Waals surface area contributed by atoms with Crippen LogP contribution in [0.1, 0.15) is 29.8 Å². The SMILES string of the molecule is Cl.O=C(c1cccc(Cl)n1)N1CCC2CCC(C1)N2. The van der Waals surface area contributed by atoms with Crippen LogP contribution in [-0.2, 0) is 0 Å². The first-order valence-electron chi connectivity index (χ1n) is 6.40. The molecule has 2 aliphatic heterocycles. The van der Waals surface area contributed by atoms with Crippen LogP contribution in [0.2, 0.25) is 5.15 Å². The van der Waals surface area contributed by atoms with Gasteiger partial charge in [-0.3, -0.25) is 4.79 Å². The summed E-state index contributed by atoms with van der Waals surface area (Å²) in [4.78, 5) is 18.4. The van der Waals surface area contributed by atoms with E-state index in [0.717, 1.165) is 25.9 Å². The highest BCUT2D eigenvalue weighted by Gasteiger charge is 2.31. The molecule has 0 saturated carbocycles. The molecule has 104 valence electrons. The average Bonchev–Trinajstić information content (AvgIpc) is 2.68. The van der Waals surface area contributed by atoms with Crippen LogP contribution < -0.4 is 5.32 Å². The summed E-state index contributed by atoms with van der Waals surface area (Å²) < 4.78 is 0. The highest BCUT2D eigenvalue weighted by atomic mass is 35.5. The number of fused-ring (bicyclic) bond motifs is 2. The van der Waals surface area contributed by atoms with Crippen molar-refractivity contribution in [2.24, 2.45) is 0 Å². The van der Waals surface area contributed by atoms with Gasteiger partial charge >= 0.3 is 0 Å². The predicted molar refractivity (Wildman–Crippen MR) is 77.0 cm³/mol. The molecular formula is C13H17Cl2N3O. The molecule has 1 amide bonds. The fourth-order valence-corrected chi connectivity index (χ4v) is 2.98. The molecule has 3 rings (SSSR count). The highest BCUT2D eigenvalue weighted by molar-refractivity contribution is 6.29. The van der Waals surface area contributed by atoms with Gasteiger partial charge in [0.15, 0.2) is 0 Å². The summed E-state index contributed by atoms with van der Waals surface area (Å²) in [7, 11) is 0. The highest BCUT2D eigenvalue weighted by Crippen LogP contribution is 2.21. The summed E-state index contributed by atoms with van der Waals surface area (Å²) in [5, 5.41) is 3.93. The van der Waals surface area contributed by atoms with E-state index in [1.165, 1.54) is 6.42 Å². The van der Waals surface area contributed by atoms with Crippen molar-refractivity contribution in [2.75, 3.05) is 13.1 Å². The molecule has 2 fully saturated rings. The zero-order chi connectivity index (χ0) is 12.5. The van der Waals surface area contributed by atoms with Gasteiger partial charge in [-0.15, -0.1) is 12.4 Å². The lowest BCUT2D eigenvalue weighted by Crippen LogP contribution is -2.39. The number of hydrogen-bond acceptors (Lipinski definition) is 3. The molecule has 0 aromatic carbocycles. The van der Waals surface area contributed by atoms with E-state index in [2.05, 4.69) is 10.3 Å². The quantitative estimate of drug-likeness (QED) is 0.808. The minimum Gasteiger partial charge on any atom is -0.336 e. The molecule has 6 heteroatoms. The summed E-state index contributed by atoms with van der Waals surface area (Å²) in [6.07, 6.45) is 3.43. The molecular weight excluding hydrogens is 285 g/mol. The first-order valence-corrected chi connectivity index (χ1v) is 6.78. The lowest BCUT2D eigenvalue weighted by atomic mass is 10.1. The standard InChI is InChI=1S/C13H16ClN3O.ClH/c14-12-3-1-2-11(16-12)13(18)17-7-6-9-4-5-10(8-17)15-9;/h1-3,9-10,15H,4-8H2;1H. The minimum absolute atomic E-state index is 0. The van der Waals surface area contributed by atoms with E-state index in [-0.39, 0.29) is 18.3 Å². The number of aromatic nitrogens is 1. The maximum absolute atomic E-state index is 12.4. The largest absolute Gasteiger partial charge is 0.336 e. The smallest absolute Gasteiger partial charge is 0.272 e. The third-order valence-corrected chi connectivity index (χ3v) is 3.96. The lowest BCUT2D eigenvalue weighted by Gasteiger charge is -2.23. The van der Waals surface area contributed by atoms with Gasteiger partial charge in [0.2, 0.25) is 0 Å². The number of halogens is 2. The topological polar surface area (TPSA) is 45.2 Å². The molecule has 2 bridgehead atoms. The Morgan fingerprint density at radius 1 is 1.32 bits per heavy atom. The first-order chi connectivity index (χ1) is 8.72. The Hall–Kier alpha value is -0.840. The molecule has 2 atom stereocenters. The van der Waals surface area contributed by atoms with Crippen LogP contribution in [-0.4, -0.2) is 41.0 Å². The fourth-order valence-electron chi connectivity index (χ4n) is 2.82. The second-order valence-corrected chi connectivity index (χ2v) is 5.41. The van der Waals surface area contributed by atoms with Crippen LogP contribution in [0.3, 0.4) is 0 Å². The maximum atomic E-state index is 12.4. The Balaban J connectivity index is 0.00000133. The summed E-state index contributed by atoms with van der Waals surface area (Å²) in [6, 6.07) is 6.21. The van der Waals surface area contributed by atoms with E-state index in [4.69, 9.17) is 11.6 Å². The lowest BCUT2D eigenvalue weighted by molar-refractivity contribution is 0.0742. The number of rotatable bonds is 1. The van der Waals surface area contributed by atoms with Crippen LogP contribution in [0, 0.1) is 0 Å². The number of carbonyl (C=O) groups is 1. The molecule has 1 N–H and O–H groups in total. The molecule has 1 aromatic heterocycles. The Bertz CT molecular complexity index is 469. The van der Waals surface area contributed by atoms with Crippen molar-refractivity contribution in [3.05, 3.63) is 29.0 Å². The number of carbonyl (C=O) groups excluding carboxylic acids is 1. The van der Waals surface area contributed by atoms with Gasteiger partial charge in [0, 0.05) is 25.2 Å². The van der Waals surface area contributed by atoms with Gasteiger partial charge in [-0.05, 0) is 31.4 Å². The fraction of sp³-hybridized carbons (Fsp3) is 0.538. The van der Waals surface area contributed by atoms with Crippen LogP contribution in [0.4, 0.5) is 0 Å². The van der Waals surface area contributed by atoms with Crippen LogP contribution in [0.5, 0.6) is 0 Å². The van der Waals surface area contributed by atoms with E-state index >= 15 is 0 Å². The molecule has 19 heavy (non-hydrogen) atoms. The second kappa shape index (κ2) is 6.07. The predicted octanol–water partition coefficient (Wildman–Crippen LogP) is 2.12. The first kappa shape index (κ1) is 14.6. The van der Waals surface area contributed by atoms with E-state index in [1.807, 2.05) is 4.90 Å². The molecule has 3 heterocycles. The molecule has 0 aliphatic carbocycles. The van der Waals surface area contributed by atoms with Gasteiger partial charge < -0.3 is 10.2 Å². The Kier molecular flexibility index (Phi) is 4.66. The van der Waals surface area contributed by atoms with Gasteiger partial charge in [-0.25, -0.2) is 4.98 Å². The number of likely N-dealkylation sites (tertiary alicyclic amines) is 1. The molecule has 0 spiro atoms. The molecule has 1 aromatic rings. The zero-order valence-electron chi connectivity index (χ0n) is 10.5. The van der Waals surface area contributed by atoms with Crippen LogP contribution in [0.25, 0.3) is 0 Å². The maximum Gasteiger partial charge on any atom is 0.272 e. The summed E-state index contributed by atoms with van der Waals surface area (Å²) >= 11 is 5.83.